The van der Waals surface area contributed by atoms with Crippen LogP contribution in [0.15, 0.2) is 36.5 Å². The summed E-state index contributed by atoms with van der Waals surface area (Å²) in [5.74, 6) is -0.337. The van der Waals surface area contributed by atoms with Crippen LogP contribution in [0.5, 0.6) is 0 Å². The summed E-state index contributed by atoms with van der Waals surface area (Å²) >= 11 is 7.66. The van der Waals surface area contributed by atoms with E-state index in [2.05, 4.69) is 15.3 Å². The zero-order valence-corrected chi connectivity index (χ0v) is 18.7. The van der Waals surface area contributed by atoms with E-state index in [1.807, 2.05) is 12.1 Å². The predicted octanol–water partition coefficient (Wildman–Crippen LogP) is 4.09. The summed E-state index contributed by atoms with van der Waals surface area (Å²) in [6.45, 7) is 0.635. The Kier molecular flexibility index (Phi) is 7.00. The van der Waals surface area contributed by atoms with E-state index in [1.165, 1.54) is 23.5 Å². The molecule has 2 aromatic heterocycles. The number of rotatable bonds is 6. The van der Waals surface area contributed by atoms with Crippen LogP contribution < -0.4 is 5.32 Å². The van der Waals surface area contributed by atoms with Crippen molar-refractivity contribution in [3.8, 4) is 0 Å². The molecule has 1 aromatic carbocycles. The number of aryl methyl sites for hydroxylation is 1. The minimum absolute atomic E-state index is 0.267. The molecule has 0 spiro atoms. The van der Waals surface area contributed by atoms with Gasteiger partial charge in [0.05, 0.1) is 33.6 Å². The van der Waals surface area contributed by atoms with Gasteiger partial charge in [-0.15, -0.1) is 0 Å². The average Bonchev–Trinajstić information content (AvgIpc) is 3.18. The van der Waals surface area contributed by atoms with Crippen molar-refractivity contribution in [1.82, 2.24) is 14.9 Å². The molecule has 3 aromatic rings. The van der Waals surface area contributed by atoms with Gasteiger partial charge < -0.3 is 15.1 Å². The highest BCUT2D eigenvalue weighted by Gasteiger charge is 2.21. The van der Waals surface area contributed by atoms with Crippen molar-refractivity contribution in [2.24, 2.45) is 0 Å². The normalized spacial score (nSPS) is 15.0. The van der Waals surface area contributed by atoms with Crippen molar-refractivity contribution in [1.29, 1.82) is 0 Å². The maximum atomic E-state index is 13.4. The first-order valence-electron chi connectivity index (χ1n) is 10.2. The molecule has 4 rings (SSSR count). The highest BCUT2D eigenvalue weighted by molar-refractivity contribution is 7.22. The van der Waals surface area contributed by atoms with Crippen molar-refractivity contribution in [2.45, 2.75) is 25.4 Å². The van der Waals surface area contributed by atoms with Gasteiger partial charge in [0.25, 0.3) is 0 Å². The molecule has 0 saturated carbocycles. The van der Waals surface area contributed by atoms with Crippen molar-refractivity contribution in [3.63, 3.8) is 0 Å². The molecule has 168 valence electrons. The van der Waals surface area contributed by atoms with Gasteiger partial charge in [-0.3, -0.25) is 10.3 Å². The topological polar surface area (TPSA) is 98.6 Å². The van der Waals surface area contributed by atoms with Crippen LogP contribution in [-0.2, 0) is 6.42 Å². The molecule has 1 unspecified atom stereocenters. The number of aliphatic hydroxyl groups excluding tert-OH is 2. The number of amides is 2. The standard InChI is InChI=1S/C22H22ClFN4O3S/c23-17-9-13(1-3-16(30)12-29)11-25-20(17)14-5-7-28(8-6-14)22(31)27-21-26-18-4-2-15(24)10-19(18)32-21/h2,4-5,9-11,16,29-30H,1,3,6-8,12H2,(H,26,27,31). The average molecular weight is 477 g/mol. The summed E-state index contributed by atoms with van der Waals surface area (Å²) in [5, 5.41) is 22.1. The van der Waals surface area contributed by atoms with Gasteiger partial charge in [0.1, 0.15) is 5.82 Å². The number of hydrogen-bond acceptors (Lipinski definition) is 6. The number of thiazole rings is 1. The molecular formula is C22H22ClFN4O3S. The van der Waals surface area contributed by atoms with E-state index in [1.54, 1.807) is 17.2 Å². The number of aliphatic hydroxyl groups is 2. The fourth-order valence-corrected chi connectivity index (χ4v) is 4.66. The highest BCUT2D eigenvalue weighted by Crippen LogP contribution is 2.29. The summed E-state index contributed by atoms with van der Waals surface area (Å²) in [4.78, 5) is 23.1. The number of pyridine rings is 1. The number of fused-ring (bicyclic) bond motifs is 1. The van der Waals surface area contributed by atoms with Crippen molar-refractivity contribution < 1.29 is 19.4 Å². The maximum Gasteiger partial charge on any atom is 0.323 e. The van der Waals surface area contributed by atoms with Crippen molar-refractivity contribution in [3.05, 3.63) is 58.6 Å². The Morgan fingerprint density at radius 1 is 1.38 bits per heavy atom. The molecule has 0 saturated heterocycles. The molecular weight excluding hydrogens is 455 g/mol. The first-order valence-corrected chi connectivity index (χ1v) is 11.4. The van der Waals surface area contributed by atoms with E-state index in [4.69, 9.17) is 16.7 Å². The van der Waals surface area contributed by atoms with Crippen LogP contribution in [0.4, 0.5) is 14.3 Å². The molecule has 0 bridgehead atoms. The Balaban J connectivity index is 1.38. The van der Waals surface area contributed by atoms with Gasteiger partial charge in [-0.25, -0.2) is 14.2 Å². The van der Waals surface area contributed by atoms with Crippen LogP contribution >= 0.6 is 22.9 Å². The van der Waals surface area contributed by atoms with Crippen LogP contribution in [0.1, 0.15) is 24.1 Å². The van der Waals surface area contributed by atoms with E-state index < -0.39 is 6.10 Å². The maximum absolute atomic E-state index is 13.4. The number of halogens is 2. The van der Waals surface area contributed by atoms with Gasteiger partial charge >= 0.3 is 6.03 Å². The molecule has 0 radical (unpaired) electrons. The van der Waals surface area contributed by atoms with Gasteiger partial charge in [0, 0.05) is 19.3 Å². The number of aromatic nitrogens is 2. The lowest BCUT2D eigenvalue weighted by atomic mass is 10.0. The van der Waals surface area contributed by atoms with Crippen LogP contribution in [-0.4, -0.2) is 56.9 Å². The molecule has 3 heterocycles. The Hall–Kier alpha value is -2.59. The van der Waals surface area contributed by atoms with E-state index >= 15 is 0 Å². The van der Waals surface area contributed by atoms with Crippen molar-refractivity contribution >= 4 is 49.9 Å². The molecule has 1 atom stereocenters. The fraction of sp³-hybridized carbons (Fsp3) is 0.318. The largest absolute Gasteiger partial charge is 0.394 e. The second kappa shape index (κ2) is 9.91. The van der Waals surface area contributed by atoms with Gasteiger partial charge in [-0.2, -0.15) is 0 Å². The summed E-state index contributed by atoms with van der Waals surface area (Å²) in [5.41, 5.74) is 3.18. The lowest BCUT2D eigenvalue weighted by molar-refractivity contribution is 0.0885. The second-order valence-electron chi connectivity index (χ2n) is 7.54. The monoisotopic (exact) mass is 476 g/mol. The molecule has 1 aliphatic rings. The molecule has 0 fully saturated rings. The Bertz CT molecular complexity index is 1170. The molecule has 0 aliphatic carbocycles. The number of anilines is 1. The minimum Gasteiger partial charge on any atom is -0.394 e. The Morgan fingerprint density at radius 2 is 2.22 bits per heavy atom. The SMILES string of the molecule is O=C(Nc1nc2ccc(F)cc2s1)N1CC=C(c2ncc(CCC(O)CO)cc2Cl)CC1. The molecule has 7 nitrogen and oxygen atoms in total. The number of urea groups is 1. The van der Waals surface area contributed by atoms with Crippen LogP contribution in [0.25, 0.3) is 15.8 Å². The van der Waals surface area contributed by atoms with Gasteiger partial charge in [-0.05, 0) is 54.7 Å². The molecule has 2 amide bonds. The number of nitrogens with zero attached hydrogens (tertiary/aromatic N) is 3. The fourth-order valence-electron chi connectivity index (χ4n) is 3.47. The van der Waals surface area contributed by atoms with Crippen molar-refractivity contribution in [2.75, 3.05) is 25.0 Å². The van der Waals surface area contributed by atoms with Gasteiger partial charge in [0.2, 0.25) is 0 Å². The Morgan fingerprint density at radius 3 is 2.94 bits per heavy atom. The van der Waals surface area contributed by atoms with Gasteiger partial charge in [-0.1, -0.05) is 29.0 Å². The highest BCUT2D eigenvalue weighted by atomic mass is 35.5. The van der Waals surface area contributed by atoms with E-state index in [9.17, 15) is 14.3 Å². The van der Waals surface area contributed by atoms with E-state index in [0.717, 1.165) is 11.1 Å². The number of hydrogen-bond donors (Lipinski definition) is 3. The summed E-state index contributed by atoms with van der Waals surface area (Å²) in [6, 6.07) is 5.88. The number of benzene rings is 1. The van der Waals surface area contributed by atoms with Crippen LogP contribution in [0.3, 0.4) is 0 Å². The first kappa shape index (κ1) is 22.6. The summed E-state index contributed by atoms with van der Waals surface area (Å²) < 4.78 is 14.0. The first-order chi connectivity index (χ1) is 15.4. The van der Waals surface area contributed by atoms with E-state index in [0.29, 0.717) is 58.4 Å². The quantitative estimate of drug-likeness (QED) is 0.497. The molecule has 10 heteroatoms. The third kappa shape index (κ3) is 5.24. The van der Waals surface area contributed by atoms with Gasteiger partial charge in [0.15, 0.2) is 5.13 Å². The van der Waals surface area contributed by atoms with E-state index in [-0.39, 0.29) is 18.5 Å². The lowest BCUT2D eigenvalue weighted by Crippen LogP contribution is -2.37. The molecule has 3 N–H and O–H groups in total. The predicted molar refractivity (Wildman–Crippen MR) is 123 cm³/mol. The summed E-state index contributed by atoms with van der Waals surface area (Å²) in [6.07, 6.45) is 4.51. The number of nitrogens with one attached hydrogen (secondary N) is 1. The smallest absolute Gasteiger partial charge is 0.323 e. The third-order valence-corrected chi connectivity index (χ3v) is 6.46. The minimum atomic E-state index is -0.754. The van der Waals surface area contributed by atoms with Crippen LogP contribution in [0, 0.1) is 5.82 Å². The summed E-state index contributed by atoms with van der Waals surface area (Å²) in [7, 11) is 0. The zero-order chi connectivity index (χ0) is 22.7. The number of carbonyl (C=O) groups is 1. The number of carbonyl (C=O) groups excluding carboxylic acids is 1. The third-order valence-electron chi connectivity index (χ3n) is 5.24. The lowest BCUT2D eigenvalue weighted by Gasteiger charge is -2.26. The molecule has 1 aliphatic heterocycles. The second-order valence-corrected chi connectivity index (χ2v) is 8.97. The zero-order valence-electron chi connectivity index (χ0n) is 17.1. The Labute approximate surface area is 193 Å². The van der Waals surface area contributed by atoms with Crippen LogP contribution in [0.2, 0.25) is 5.02 Å². The molecule has 32 heavy (non-hydrogen) atoms.